The molecule has 0 aliphatic carbocycles. The van der Waals surface area contributed by atoms with Gasteiger partial charge in [0, 0.05) is 10.9 Å². The van der Waals surface area contributed by atoms with Crippen molar-refractivity contribution in [3.05, 3.63) is 89.7 Å². The molecule has 8 nitrogen and oxygen atoms in total. The predicted molar refractivity (Wildman–Crippen MR) is 130 cm³/mol. The Labute approximate surface area is 209 Å². The van der Waals surface area contributed by atoms with Gasteiger partial charge >= 0.3 is 6.36 Å². The third-order valence-corrected chi connectivity index (χ3v) is 5.19. The number of ether oxygens (including phenoxy) is 2. The molecule has 1 aromatic heterocycles. The fraction of sp³-hybridized carbons (Fsp3) is 0.154. The van der Waals surface area contributed by atoms with E-state index in [1.165, 1.54) is 24.3 Å². The Morgan fingerprint density at radius 3 is 2.43 bits per heavy atom. The van der Waals surface area contributed by atoms with Gasteiger partial charge in [-0.05, 0) is 60.2 Å². The summed E-state index contributed by atoms with van der Waals surface area (Å²) in [5.74, 6) is -0.302. The standard InChI is InChI=1S/C26H22F3N3O5/c27-26(28,29)36-15-16-5-10-22-18(13-16)14-23(37-22)25(34)31-11-12-35-19-8-6-17(7-9-19)24(33)32-21-4-2-1-3-20(21)30/h1-10,13-14H,11-12,15,30H2,(H,31,34)(H,32,33). The Kier molecular flexibility index (Phi) is 7.63. The van der Waals surface area contributed by atoms with Crippen molar-refractivity contribution in [2.75, 3.05) is 24.2 Å². The maximum absolute atomic E-state index is 12.4. The largest absolute Gasteiger partial charge is 0.522 e. The molecule has 0 radical (unpaired) electrons. The van der Waals surface area contributed by atoms with Gasteiger partial charge in [-0.25, -0.2) is 0 Å². The molecule has 37 heavy (non-hydrogen) atoms. The Morgan fingerprint density at radius 1 is 0.946 bits per heavy atom. The Bertz CT molecular complexity index is 1400. The fourth-order valence-electron chi connectivity index (χ4n) is 3.39. The quantitative estimate of drug-likeness (QED) is 0.212. The number of hydrogen-bond acceptors (Lipinski definition) is 6. The maximum Gasteiger partial charge on any atom is 0.522 e. The van der Waals surface area contributed by atoms with Crippen LogP contribution in [0.2, 0.25) is 0 Å². The number of halogens is 3. The van der Waals surface area contributed by atoms with Crippen molar-refractivity contribution < 1.29 is 36.7 Å². The van der Waals surface area contributed by atoms with Crippen LogP contribution in [0, 0.1) is 0 Å². The van der Waals surface area contributed by atoms with Gasteiger partial charge in [-0.1, -0.05) is 18.2 Å². The number of hydrogen-bond donors (Lipinski definition) is 3. The number of benzene rings is 3. The van der Waals surface area contributed by atoms with Crippen molar-refractivity contribution in [1.82, 2.24) is 5.32 Å². The van der Waals surface area contributed by atoms with Gasteiger partial charge in [0.25, 0.3) is 11.8 Å². The van der Waals surface area contributed by atoms with Crippen LogP contribution in [0.1, 0.15) is 26.5 Å². The summed E-state index contributed by atoms with van der Waals surface area (Å²) >= 11 is 0. The van der Waals surface area contributed by atoms with E-state index in [9.17, 15) is 22.8 Å². The topological polar surface area (TPSA) is 116 Å². The molecule has 0 spiro atoms. The third-order valence-electron chi connectivity index (χ3n) is 5.19. The highest BCUT2D eigenvalue weighted by Gasteiger charge is 2.29. The molecule has 11 heteroatoms. The first-order chi connectivity index (χ1) is 17.7. The minimum absolute atomic E-state index is 0.0123. The number of carbonyl (C=O) groups excluding carboxylic acids is 2. The van der Waals surface area contributed by atoms with Crippen LogP contribution in [-0.2, 0) is 11.3 Å². The van der Waals surface area contributed by atoms with Gasteiger partial charge in [-0.2, -0.15) is 0 Å². The number of para-hydroxylation sites is 2. The van der Waals surface area contributed by atoms with Crippen molar-refractivity contribution in [3.63, 3.8) is 0 Å². The fourth-order valence-corrected chi connectivity index (χ4v) is 3.39. The first kappa shape index (κ1) is 25.6. The van der Waals surface area contributed by atoms with Crippen molar-refractivity contribution >= 4 is 34.2 Å². The lowest BCUT2D eigenvalue weighted by atomic mass is 10.2. The molecule has 0 aliphatic heterocycles. The number of rotatable bonds is 9. The van der Waals surface area contributed by atoms with Crippen LogP contribution in [0.15, 0.2) is 77.2 Å². The van der Waals surface area contributed by atoms with Gasteiger partial charge in [-0.3, -0.25) is 14.3 Å². The number of furan rings is 1. The number of nitrogen functional groups attached to an aromatic ring is 1. The molecular formula is C26H22F3N3O5. The molecule has 0 aliphatic rings. The van der Waals surface area contributed by atoms with Crippen molar-refractivity contribution in [1.29, 1.82) is 0 Å². The van der Waals surface area contributed by atoms with Crippen LogP contribution in [0.3, 0.4) is 0 Å². The van der Waals surface area contributed by atoms with Gasteiger partial charge < -0.3 is 25.5 Å². The lowest BCUT2D eigenvalue weighted by molar-refractivity contribution is -0.330. The lowest BCUT2D eigenvalue weighted by Crippen LogP contribution is -2.27. The summed E-state index contributed by atoms with van der Waals surface area (Å²) in [6.45, 7) is -0.330. The second-order valence-corrected chi connectivity index (χ2v) is 7.89. The highest BCUT2D eigenvalue weighted by Crippen LogP contribution is 2.24. The van der Waals surface area contributed by atoms with Gasteiger partial charge in [0.15, 0.2) is 5.76 Å². The Morgan fingerprint density at radius 2 is 1.70 bits per heavy atom. The van der Waals surface area contributed by atoms with E-state index in [0.717, 1.165) is 0 Å². The number of anilines is 2. The SMILES string of the molecule is Nc1ccccc1NC(=O)c1ccc(OCCNC(=O)c2cc3cc(COC(F)(F)F)ccc3o2)cc1. The second kappa shape index (κ2) is 11.0. The van der Waals surface area contributed by atoms with Gasteiger partial charge in [0.05, 0.1) is 24.5 Å². The molecule has 0 atom stereocenters. The Balaban J connectivity index is 1.24. The summed E-state index contributed by atoms with van der Waals surface area (Å²) < 4.78 is 51.6. The Hall–Kier alpha value is -4.51. The van der Waals surface area contributed by atoms with E-state index in [1.807, 2.05) is 0 Å². The van der Waals surface area contributed by atoms with E-state index in [2.05, 4.69) is 15.4 Å². The van der Waals surface area contributed by atoms with E-state index >= 15 is 0 Å². The number of amides is 2. The summed E-state index contributed by atoms with van der Waals surface area (Å²) in [5, 5.41) is 5.86. The molecule has 0 saturated heterocycles. The van der Waals surface area contributed by atoms with E-state index in [4.69, 9.17) is 14.9 Å². The average Bonchev–Trinajstić information content (AvgIpc) is 3.30. The number of carbonyl (C=O) groups is 2. The van der Waals surface area contributed by atoms with E-state index in [-0.39, 0.29) is 24.8 Å². The highest BCUT2D eigenvalue weighted by atomic mass is 19.4. The van der Waals surface area contributed by atoms with Crippen LogP contribution in [0.25, 0.3) is 11.0 Å². The minimum Gasteiger partial charge on any atom is -0.492 e. The van der Waals surface area contributed by atoms with E-state index in [0.29, 0.717) is 39.2 Å². The molecule has 0 fully saturated rings. The zero-order valence-corrected chi connectivity index (χ0v) is 19.3. The van der Waals surface area contributed by atoms with Crippen molar-refractivity contribution in [2.45, 2.75) is 13.0 Å². The van der Waals surface area contributed by atoms with Crippen molar-refractivity contribution in [2.24, 2.45) is 0 Å². The number of nitrogens with two attached hydrogens (primary N) is 1. The normalized spacial score (nSPS) is 11.3. The third kappa shape index (κ3) is 7.01. The second-order valence-electron chi connectivity index (χ2n) is 7.89. The summed E-state index contributed by atoms with van der Waals surface area (Å²) in [4.78, 5) is 24.8. The summed E-state index contributed by atoms with van der Waals surface area (Å²) in [6.07, 6.45) is -4.73. The smallest absolute Gasteiger partial charge is 0.492 e. The minimum atomic E-state index is -4.73. The molecule has 1 heterocycles. The monoisotopic (exact) mass is 513 g/mol. The molecule has 0 saturated carbocycles. The van der Waals surface area contributed by atoms with Crippen molar-refractivity contribution in [3.8, 4) is 5.75 Å². The molecule has 0 unspecified atom stereocenters. The number of alkyl halides is 3. The lowest BCUT2D eigenvalue weighted by Gasteiger charge is -2.09. The number of fused-ring (bicyclic) bond motifs is 1. The first-order valence-corrected chi connectivity index (χ1v) is 11.1. The molecule has 2 amide bonds. The summed E-state index contributed by atoms with van der Waals surface area (Å²) in [6, 6.07) is 19.2. The molecule has 4 rings (SSSR count). The van der Waals surface area contributed by atoms with Gasteiger partial charge in [-0.15, -0.1) is 13.2 Å². The van der Waals surface area contributed by atoms with Crippen LogP contribution in [0.5, 0.6) is 5.75 Å². The summed E-state index contributed by atoms with van der Waals surface area (Å²) in [7, 11) is 0. The van der Waals surface area contributed by atoms with Crippen LogP contribution >= 0.6 is 0 Å². The van der Waals surface area contributed by atoms with Crippen LogP contribution < -0.4 is 21.1 Å². The number of nitrogens with one attached hydrogen (secondary N) is 2. The molecule has 192 valence electrons. The summed E-state index contributed by atoms with van der Waals surface area (Å²) in [5.41, 5.74) is 7.88. The average molecular weight is 513 g/mol. The molecule has 3 aromatic carbocycles. The van der Waals surface area contributed by atoms with E-state index < -0.39 is 18.9 Å². The molecular weight excluding hydrogens is 491 g/mol. The van der Waals surface area contributed by atoms with Crippen LogP contribution in [-0.4, -0.2) is 31.3 Å². The van der Waals surface area contributed by atoms with Gasteiger partial charge in [0.2, 0.25) is 0 Å². The van der Waals surface area contributed by atoms with E-state index in [1.54, 1.807) is 48.5 Å². The zero-order chi connectivity index (χ0) is 26.4. The first-order valence-electron chi connectivity index (χ1n) is 11.1. The highest BCUT2D eigenvalue weighted by molar-refractivity contribution is 6.05. The molecule has 4 N–H and O–H groups in total. The van der Waals surface area contributed by atoms with Crippen LogP contribution in [0.4, 0.5) is 24.5 Å². The molecule has 0 bridgehead atoms. The van der Waals surface area contributed by atoms with Gasteiger partial charge in [0.1, 0.15) is 17.9 Å². The zero-order valence-electron chi connectivity index (χ0n) is 19.3. The maximum atomic E-state index is 12.4. The molecule has 4 aromatic rings. The predicted octanol–water partition coefficient (Wildman–Crippen LogP) is 5.11.